The first-order valence-electron chi connectivity index (χ1n) is 12.9. The molecule has 0 aliphatic carbocycles. The van der Waals surface area contributed by atoms with Gasteiger partial charge in [-0.1, -0.05) is 0 Å². The Balaban J connectivity index is 1.20. The number of carbonyl (C=O) groups is 1. The number of aromatic nitrogens is 2. The Morgan fingerprint density at radius 2 is 1.71 bits per heavy atom. The second kappa shape index (κ2) is 12.4. The first kappa shape index (κ1) is 28.8. The number of morpholine rings is 1. The number of hydrogen-bond donors (Lipinski definition) is 3. The molecule has 4 N–H and O–H groups in total. The van der Waals surface area contributed by atoms with Crippen LogP contribution in [0.3, 0.4) is 0 Å². The summed E-state index contributed by atoms with van der Waals surface area (Å²) in [5.74, 6) is -0.290. The van der Waals surface area contributed by atoms with Gasteiger partial charge in [0.2, 0.25) is 5.88 Å². The van der Waals surface area contributed by atoms with E-state index in [4.69, 9.17) is 19.9 Å². The molecule has 0 spiro atoms. The van der Waals surface area contributed by atoms with E-state index < -0.39 is 23.6 Å². The van der Waals surface area contributed by atoms with Crippen molar-refractivity contribution in [1.29, 1.82) is 0 Å². The van der Waals surface area contributed by atoms with Gasteiger partial charge >= 0.3 is 12.2 Å². The first-order valence-corrected chi connectivity index (χ1v) is 12.9. The zero-order valence-corrected chi connectivity index (χ0v) is 22.1. The molecule has 0 unspecified atom stereocenters. The van der Waals surface area contributed by atoms with E-state index in [1.165, 1.54) is 18.5 Å². The zero-order chi connectivity index (χ0) is 29.7. The molecule has 1 aromatic heterocycles. The fourth-order valence-corrected chi connectivity index (χ4v) is 4.22. The van der Waals surface area contributed by atoms with Crippen molar-refractivity contribution < 1.29 is 36.6 Å². The Labute approximate surface area is 237 Å². The Morgan fingerprint density at radius 3 is 2.45 bits per heavy atom. The van der Waals surface area contributed by atoms with Gasteiger partial charge in [0.25, 0.3) is 0 Å². The number of nitrogens with two attached hydrogens (primary N) is 1. The molecule has 1 aliphatic heterocycles. The lowest BCUT2D eigenvalue weighted by Crippen LogP contribution is -2.38. The quantitative estimate of drug-likeness (QED) is 0.182. The molecule has 4 aromatic rings. The van der Waals surface area contributed by atoms with E-state index in [9.17, 15) is 22.4 Å². The van der Waals surface area contributed by atoms with Crippen molar-refractivity contribution in [2.24, 2.45) is 0 Å². The van der Waals surface area contributed by atoms with E-state index in [0.29, 0.717) is 65.7 Å². The summed E-state index contributed by atoms with van der Waals surface area (Å²) in [5, 5.41) is 5.30. The summed E-state index contributed by atoms with van der Waals surface area (Å²) >= 11 is 0. The minimum absolute atomic E-state index is 0.221. The van der Waals surface area contributed by atoms with Crippen molar-refractivity contribution in [3.05, 3.63) is 72.3 Å². The maximum atomic E-state index is 13.5. The summed E-state index contributed by atoms with van der Waals surface area (Å²) in [7, 11) is 0. The number of hydrogen-bond acceptors (Lipinski definition) is 8. The third-order valence-electron chi connectivity index (χ3n) is 6.36. The summed E-state index contributed by atoms with van der Waals surface area (Å²) < 4.78 is 69.5. The van der Waals surface area contributed by atoms with Gasteiger partial charge in [0.15, 0.2) is 0 Å². The second-order valence-corrected chi connectivity index (χ2v) is 9.29. The monoisotopic (exact) mass is 586 g/mol. The number of nitrogens with zero attached hydrogens (tertiary/aromatic N) is 3. The van der Waals surface area contributed by atoms with Crippen LogP contribution in [-0.4, -0.2) is 60.4 Å². The SMILES string of the molecule is Nc1cc2c(Oc3ccc(NC(=O)Nc4ccc(F)c(C(F)(F)F)c4)cc3)ncnc2cc1OCCN1CCOCC1. The highest BCUT2D eigenvalue weighted by Crippen LogP contribution is 2.34. The largest absolute Gasteiger partial charge is 0.490 e. The lowest BCUT2D eigenvalue weighted by atomic mass is 10.2. The van der Waals surface area contributed by atoms with E-state index in [2.05, 4.69) is 25.5 Å². The van der Waals surface area contributed by atoms with E-state index in [0.717, 1.165) is 25.7 Å². The lowest BCUT2D eigenvalue weighted by molar-refractivity contribution is -0.139. The average Bonchev–Trinajstić information content (AvgIpc) is 2.96. The second-order valence-electron chi connectivity index (χ2n) is 9.29. The number of ether oxygens (including phenoxy) is 3. The molecule has 0 radical (unpaired) electrons. The molecule has 5 rings (SSSR count). The van der Waals surface area contributed by atoms with Crippen molar-refractivity contribution in [2.75, 3.05) is 55.8 Å². The lowest BCUT2D eigenvalue weighted by Gasteiger charge is -2.26. The maximum Gasteiger partial charge on any atom is 0.419 e. The summed E-state index contributed by atoms with van der Waals surface area (Å²) in [5.41, 5.74) is 5.84. The van der Waals surface area contributed by atoms with Crippen LogP contribution in [0.4, 0.5) is 39.4 Å². The highest BCUT2D eigenvalue weighted by molar-refractivity contribution is 5.99. The first-order chi connectivity index (χ1) is 20.2. The molecule has 2 amide bonds. The Kier molecular flexibility index (Phi) is 8.54. The molecule has 14 heteroatoms. The predicted octanol–water partition coefficient (Wildman–Crippen LogP) is 5.52. The molecule has 220 valence electrons. The number of amides is 2. The van der Waals surface area contributed by atoms with Crippen LogP contribution in [-0.2, 0) is 10.9 Å². The maximum absolute atomic E-state index is 13.5. The van der Waals surface area contributed by atoms with E-state index >= 15 is 0 Å². The Morgan fingerprint density at radius 1 is 1.00 bits per heavy atom. The summed E-state index contributed by atoms with van der Waals surface area (Å²) in [6.07, 6.45) is -3.54. The van der Waals surface area contributed by atoms with Crippen LogP contribution in [0.15, 0.2) is 60.9 Å². The standard InChI is InChI=1S/C28H26F4N6O4/c29-22-6-3-18(13-21(22)28(30,31)32)37-27(39)36-17-1-4-19(5-2-17)42-26-20-14-23(33)25(15-24(20)34-16-35-26)41-12-9-38-7-10-40-11-8-38/h1-6,13-16H,7-12,33H2,(H2,36,37,39). The number of alkyl halides is 3. The number of anilines is 3. The van der Waals surface area contributed by atoms with Gasteiger partial charge in [-0.2, -0.15) is 13.2 Å². The fraction of sp³-hybridized carbons (Fsp3) is 0.250. The van der Waals surface area contributed by atoms with Gasteiger partial charge in [0.05, 0.1) is 35.4 Å². The summed E-state index contributed by atoms with van der Waals surface area (Å²) in [4.78, 5) is 23.0. The van der Waals surface area contributed by atoms with Gasteiger partial charge in [0, 0.05) is 37.1 Å². The number of nitrogens with one attached hydrogen (secondary N) is 2. The topological polar surface area (TPSA) is 124 Å². The molecule has 3 aromatic carbocycles. The molecule has 0 bridgehead atoms. The van der Waals surface area contributed by atoms with E-state index in [1.54, 1.807) is 24.3 Å². The van der Waals surface area contributed by atoms with Gasteiger partial charge in [-0.25, -0.2) is 19.2 Å². The normalized spacial score (nSPS) is 14.0. The van der Waals surface area contributed by atoms with Crippen LogP contribution >= 0.6 is 0 Å². The van der Waals surface area contributed by atoms with Crippen LogP contribution in [0.1, 0.15) is 5.56 Å². The van der Waals surface area contributed by atoms with Crippen molar-refractivity contribution in [3.63, 3.8) is 0 Å². The molecule has 0 saturated carbocycles. The van der Waals surface area contributed by atoms with Gasteiger partial charge in [-0.15, -0.1) is 0 Å². The number of fused-ring (bicyclic) bond motifs is 1. The highest BCUT2D eigenvalue weighted by atomic mass is 19.4. The van der Waals surface area contributed by atoms with Crippen molar-refractivity contribution >= 4 is 34.0 Å². The zero-order valence-electron chi connectivity index (χ0n) is 22.1. The van der Waals surface area contributed by atoms with Crippen molar-refractivity contribution in [3.8, 4) is 17.4 Å². The highest BCUT2D eigenvalue weighted by Gasteiger charge is 2.34. The summed E-state index contributed by atoms with van der Waals surface area (Å²) in [6.45, 7) is 4.34. The molecular weight excluding hydrogens is 560 g/mol. The third-order valence-corrected chi connectivity index (χ3v) is 6.36. The minimum Gasteiger partial charge on any atom is -0.490 e. The number of nitrogen functional groups attached to an aromatic ring is 1. The van der Waals surface area contributed by atoms with Gasteiger partial charge in [-0.05, 0) is 48.5 Å². The number of benzene rings is 3. The fourth-order valence-electron chi connectivity index (χ4n) is 4.22. The molecule has 2 heterocycles. The van der Waals surface area contributed by atoms with Crippen LogP contribution in [0.25, 0.3) is 10.9 Å². The summed E-state index contributed by atoms with van der Waals surface area (Å²) in [6, 6.07) is 10.9. The molecule has 1 aliphatic rings. The molecule has 10 nitrogen and oxygen atoms in total. The molecule has 42 heavy (non-hydrogen) atoms. The molecular formula is C28H26F4N6O4. The van der Waals surface area contributed by atoms with Gasteiger partial charge in [-0.3, -0.25) is 4.90 Å². The molecule has 1 fully saturated rings. The minimum atomic E-state index is -4.89. The molecule has 1 saturated heterocycles. The Bertz CT molecular complexity index is 1560. The van der Waals surface area contributed by atoms with E-state index in [-0.39, 0.29) is 11.6 Å². The average molecular weight is 587 g/mol. The van der Waals surface area contributed by atoms with Crippen LogP contribution in [0.5, 0.6) is 17.4 Å². The van der Waals surface area contributed by atoms with Crippen LogP contribution < -0.4 is 25.8 Å². The van der Waals surface area contributed by atoms with Crippen LogP contribution in [0, 0.1) is 5.82 Å². The van der Waals surface area contributed by atoms with Crippen LogP contribution in [0.2, 0.25) is 0 Å². The van der Waals surface area contributed by atoms with E-state index in [1.807, 2.05) is 0 Å². The molecule has 0 atom stereocenters. The number of carbonyl (C=O) groups excluding carboxylic acids is 1. The number of urea groups is 1. The third kappa shape index (κ3) is 7.14. The van der Waals surface area contributed by atoms with Crippen molar-refractivity contribution in [1.82, 2.24) is 14.9 Å². The number of halogens is 4. The number of rotatable bonds is 8. The smallest absolute Gasteiger partial charge is 0.419 e. The van der Waals surface area contributed by atoms with Gasteiger partial charge in [0.1, 0.15) is 30.3 Å². The predicted molar refractivity (Wildman–Crippen MR) is 147 cm³/mol. The Hall–Kier alpha value is -4.69. The van der Waals surface area contributed by atoms with Gasteiger partial charge < -0.3 is 30.6 Å². The van der Waals surface area contributed by atoms with Crippen molar-refractivity contribution in [2.45, 2.75) is 6.18 Å².